The lowest BCUT2D eigenvalue weighted by molar-refractivity contribution is -0.913. The zero-order valence-corrected chi connectivity index (χ0v) is 5.78. The maximum Gasteiger partial charge on any atom is 0.359 e. The van der Waals surface area contributed by atoms with Gasteiger partial charge >= 0.3 is 5.96 Å². The van der Waals surface area contributed by atoms with Gasteiger partial charge in [-0.3, -0.25) is 0 Å². The number of guanidine groups is 2. The Morgan fingerprint density at radius 1 is 1.27 bits per heavy atom. The molecule has 0 saturated heterocycles. The smallest absolute Gasteiger partial charge is 0.359 e. The number of nitrogens with one attached hydrogen (secondary N) is 2. The average Bonchev–Trinajstić information content (AvgIpc) is 1.84. The van der Waals surface area contributed by atoms with Crippen molar-refractivity contribution in [2.75, 3.05) is 0 Å². The Kier molecular flexibility index (Phi) is 2.57. The quantitative estimate of drug-likeness (QED) is 0.0717. The Morgan fingerprint density at radius 3 is 2.00 bits per heavy atom. The highest BCUT2D eigenvalue weighted by Gasteiger charge is 2.22. The fourth-order valence-corrected chi connectivity index (χ4v) is 0.194. The second kappa shape index (κ2) is 3.01. The molecule has 0 aromatic heterocycles. The van der Waals surface area contributed by atoms with Crippen LogP contribution < -0.4 is 34.4 Å². The van der Waals surface area contributed by atoms with Crippen LogP contribution in [0.2, 0.25) is 0 Å². The molecule has 0 aromatic rings. The van der Waals surface area contributed by atoms with Crippen molar-refractivity contribution in [1.29, 1.82) is 5.41 Å². The van der Waals surface area contributed by atoms with Gasteiger partial charge in [0.05, 0.1) is 0 Å². The number of nitrogens with zero attached hydrogens (tertiary/aromatic N) is 2. The standard InChI is InChI=1S/C2H12N9/c3-1(4)9-10-11(7,8)2(5)6/h10H,7-8H2,(H3,5,6)(H4,3,4,9)/q+1. The highest BCUT2D eigenvalue weighted by molar-refractivity contribution is 5.75. The van der Waals surface area contributed by atoms with Crippen LogP contribution >= 0.6 is 0 Å². The summed E-state index contributed by atoms with van der Waals surface area (Å²) < 4.78 is 0. The zero-order chi connectivity index (χ0) is 9.07. The fraction of sp³-hybridized carbons (Fsp3) is 0. The number of quaternary nitrogens is 1. The van der Waals surface area contributed by atoms with Crippen LogP contribution in [0.15, 0.2) is 5.10 Å². The van der Waals surface area contributed by atoms with Gasteiger partial charge in [-0.25, -0.2) is 5.41 Å². The van der Waals surface area contributed by atoms with E-state index >= 15 is 0 Å². The van der Waals surface area contributed by atoms with Crippen molar-refractivity contribution in [2.45, 2.75) is 0 Å². The molecule has 0 aliphatic rings. The van der Waals surface area contributed by atoms with E-state index in [9.17, 15) is 0 Å². The molecule has 0 saturated carbocycles. The van der Waals surface area contributed by atoms with E-state index in [1.54, 1.807) is 0 Å². The summed E-state index contributed by atoms with van der Waals surface area (Å²) in [6.07, 6.45) is 0. The molecule has 0 atom stereocenters. The number of rotatable bonds is 2. The maximum atomic E-state index is 6.83. The number of hydrogen-bond donors (Lipinski definition) is 7. The lowest BCUT2D eigenvalue weighted by Gasteiger charge is -2.19. The van der Waals surface area contributed by atoms with Crippen LogP contribution in [0.25, 0.3) is 0 Å². The summed E-state index contributed by atoms with van der Waals surface area (Å²) in [7, 11) is 0. The molecule has 9 nitrogen and oxygen atoms in total. The first-order valence-corrected chi connectivity index (χ1v) is 2.53. The van der Waals surface area contributed by atoms with Crippen molar-refractivity contribution in [3.05, 3.63) is 0 Å². The van der Waals surface area contributed by atoms with Gasteiger partial charge in [-0.2, -0.15) is 0 Å². The lowest BCUT2D eigenvalue weighted by atomic mass is 11.0. The van der Waals surface area contributed by atoms with E-state index in [4.69, 9.17) is 34.3 Å². The van der Waals surface area contributed by atoms with E-state index < -0.39 is 10.8 Å². The lowest BCUT2D eigenvalue weighted by Crippen LogP contribution is -2.72. The van der Waals surface area contributed by atoms with Crippen LogP contribution in [0.1, 0.15) is 0 Å². The molecule has 0 bridgehead atoms. The molecule has 0 aromatic carbocycles. The fourth-order valence-electron chi connectivity index (χ4n) is 0.194. The second-order valence-electron chi connectivity index (χ2n) is 1.80. The SMILES string of the molecule is N=C(N)[N+](N)(N)NN=C(N)N. The highest BCUT2D eigenvalue weighted by atomic mass is 16.0. The van der Waals surface area contributed by atoms with Gasteiger partial charge in [0.25, 0.3) is 0 Å². The third-order valence-electron chi connectivity index (χ3n) is 0.743. The monoisotopic (exact) mass is 162 g/mol. The van der Waals surface area contributed by atoms with E-state index in [1.807, 2.05) is 5.53 Å². The second-order valence-corrected chi connectivity index (χ2v) is 1.80. The van der Waals surface area contributed by atoms with Gasteiger partial charge in [0.2, 0.25) is 5.96 Å². The van der Waals surface area contributed by atoms with Crippen LogP contribution in [-0.2, 0) is 0 Å². The molecule has 12 N–H and O–H groups in total. The molecule has 0 rings (SSSR count). The van der Waals surface area contributed by atoms with Gasteiger partial charge in [-0.1, -0.05) is 5.10 Å². The van der Waals surface area contributed by atoms with Crippen LogP contribution in [0.4, 0.5) is 0 Å². The summed E-state index contributed by atoms with van der Waals surface area (Å²) in [4.78, 5) is -1.09. The van der Waals surface area contributed by atoms with Gasteiger partial charge in [0.1, 0.15) is 0 Å². The van der Waals surface area contributed by atoms with Crippen molar-refractivity contribution in [1.82, 2.24) is 5.53 Å². The normalized spacial score (nSPS) is 10.4. The molecular formula is C2H12N9+. The van der Waals surface area contributed by atoms with Gasteiger partial charge in [0, 0.05) is 0 Å². The van der Waals surface area contributed by atoms with Crippen molar-refractivity contribution in [3.63, 3.8) is 0 Å². The minimum atomic E-state index is -1.09. The van der Waals surface area contributed by atoms with Gasteiger partial charge in [-0.15, -0.1) is 17.2 Å². The Hall–Kier alpha value is -1.58. The predicted octanol–water partition coefficient (Wildman–Crippen LogP) is -3.86. The Morgan fingerprint density at radius 2 is 1.73 bits per heavy atom. The van der Waals surface area contributed by atoms with Gasteiger partial charge in [-0.05, 0) is 4.81 Å². The van der Waals surface area contributed by atoms with Crippen LogP contribution in [0.3, 0.4) is 0 Å². The van der Waals surface area contributed by atoms with Gasteiger partial charge < -0.3 is 17.2 Å². The molecular weight excluding hydrogens is 150 g/mol. The maximum absolute atomic E-state index is 6.83. The predicted molar refractivity (Wildman–Crippen MR) is 39.5 cm³/mol. The van der Waals surface area contributed by atoms with E-state index in [1.165, 1.54) is 0 Å². The van der Waals surface area contributed by atoms with E-state index in [-0.39, 0.29) is 5.96 Å². The molecule has 9 heteroatoms. The average molecular weight is 162 g/mol. The van der Waals surface area contributed by atoms with Gasteiger partial charge in [0.15, 0.2) is 0 Å². The van der Waals surface area contributed by atoms with E-state index in [0.29, 0.717) is 0 Å². The molecule has 0 amide bonds. The molecule has 64 valence electrons. The van der Waals surface area contributed by atoms with E-state index in [0.717, 1.165) is 0 Å². The molecule has 0 spiro atoms. The first kappa shape index (κ1) is 9.42. The highest BCUT2D eigenvalue weighted by Crippen LogP contribution is 1.75. The van der Waals surface area contributed by atoms with Crippen molar-refractivity contribution in [3.8, 4) is 0 Å². The summed E-state index contributed by atoms with van der Waals surface area (Å²) in [6.45, 7) is 0. The van der Waals surface area contributed by atoms with Crippen molar-refractivity contribution in [2.24, 2.45) is 34.0 Å². The van der Waals surface area contributed by atoms with Crippen molar-refractivity contribution < 1.29 is 4.81 Å². The third-order valence-corrected chi connectivity index (χ3v) is 0.743. The largest absolute Gasteiger partial charge is 0.368 e. The molecule has 0 unspecified atom stereocenters. The first-order chi connectivity index (χ1) is 4.86. The molecule has 0 aliphatic carbocycles. The first-order valence-electron chi connectivity index (χ1n) is 2.53. The minimum absolute atomic E-state index is 0.260. The Balaban J connectivity index is 4.14. The Bertz CT molecular complexity index is 174. The molecule has 0 aliphatic heterocycles. The van der Waals surface area contributed by atoms with E-state index in [2.05, 4.69) is 5.10 Å². The molecule has 0 heterocycles. The van der Waals surface area contributed by atoms with Crippen LogP contribution in [-0.4, -0.2) is 16.7 Å². The number of nitrogens with two attached hydrogens (primary N) is 5. The Labute approximate surface area is 62.8 Å². The topological polar surface area (TPSA) is 178 Å². The molecule has 11 heavy (non-hydrogen) atoms. The summed E-state index contributed by atoms with van der Waals surface area (Å²) in [5.41, 5.74) is 16.9. The third kappa shape index (κ3) is 3.20. The van der Waals surface area contributed by atoms with Crippen LogP contribution in [0.5, 0.6) is 0 Å². The summed E-state index contributed by atoms with van der Waals surface area (Å²) in [5, 5.41) is 10.1. The zero-order valence-electron chi connectivity index (χ0n) is 5.78. The molecule has 0 fully saturated rings. The summed E-state index contributed by atoms with van der Waals surface area (Å²) in [6, 6.07) is 0. The summed E-state index contributed by atoms with van der Waals surface area (Å²) in [5.74, 6) is 9.50. The number of hydrazone groups is 1. The van der Waals surface area contributed by atoms with Crippen molar-refractivity contribution >= 4 is 11.9 Å². The van der Waals surface area contributed by atoms with Crippen LogP contribution in [0, 0.1) is 5.41 Å². The number of hydrogen-bond acceptors (Lipinski definition) is 5. The minimum Gasteiger partial charge on any atom is -0.368 e. The summed E-state index contributed by atoms with van der Waals surface area (Å²) >= 11 is 0. The molecule has 0 radical (unpaired) electrons.